The number of nitrogens with zero attached hydrogens (tertiary/aromatic N) is 1. The second kappa shape index (κ2) is 7.15. The summed E-state index contributed by atoms with van der Waals surface area (Å²) in [6.45, 7) is 3.10. The summed E-state index contributed by atoms with van der Waals surface area (Å²) in [5.74, 6) is 0.858. The Kier molecular flexibility index (Phi) is 4.97. The molecule has 3 rings (SSSR count). The van der Waals surface area contributed by atoms with Gasteiger partial charge in [0.05, 0.1) is 25.7 Å². The number of carbonyl (C=O) groups is 1. The molecule has 2 aromatic rings. The molecule has 2 atom stereocenters. The fourth-order valence-electron chi connectivity index (χ4n) is 2.80. The number of halogens is 1. The van der Waals surface area contributed by atoms with Gasteiger partial charge in [-0.25, -0.2) is 4.39 Å². The molecule has 0 bridgehead atoms. The Morgan fingerprint density at radius 2 is 2.25 bits per heavy atom. The van der Waals surface area contributed by atoms with Gasteiger partial charge in [-0.3, -0.25) is 4.79 Å². The molecule has 6 heteroatoms. The Morgan fingerprint density at radius 1 is 1.42 bits per heavy atom. The molecule has 1 aliphatic rings. The number of morpholine rings is 1. The number of rotatable bonds is 4. The molecule has 1 aromatic heterocycles. The highest BCUT2D eigenvalue weighted by molar-refractivity contribution is 5.77. The van der Waals surface area contributed by atoms with Crippen LogP contribution < -0.4 is 0 Å². The highest BCUT2D eigenvalue weighted by Gasteiger charge is 2.28. The number of ether oxygens (including phenoxy) is 1. The maximum Gasteiger partial charge on any atom is 0.225 e. The molecule has 2 heterocycles. The molecule has 2 unspecified atom stereocenters. The topological polar surface area (TPSA) is 62.9 Å². The predicted octanol–water partition coefficient (Wildman–Crippen LogP) is 2.75. The Hall–Kier alpha value is -2.18. The number of benzene rings is 1. The van der Waals surface area contributed by atoms with Crippen LogP contribution in [0.1, 0.15) is 35.7 Å². The molecular formula is C18H20FNO4. The molecular weight excluding hydrogens is 313 g/mol. The van der Waals surface area contributed by atoms with Crippen molar-refractivity contribution in [2.24, 2.45) is 0 Å². The lowest BCUT2D eigenvalue weighted by Crippen LogP contribution is -2.42. The SMILES string of the molecule is Cc1ccc(C2CN(C(=O)CC(O)c3cccc(F)c3)CCO2)o1. The Morgan fingerprint density at radius 3 is 2.96 bits per heavy atom. The summed E-state index contributed by atoms with van der Waals surface area (Å²) in [4.78, 5) is 14.1. The summed E-state index contributed by atoms with van der Waals surface area (Å²) in [5, 5.41) is 10.2. The molecule has 24 heavy (non-hydrogen) atoms. The maximum absolute atomic E-state index is 13.2. The van der Waals surface area contributed by atoms with E-state index in [1.54, 1.807) is 11.0 Å². The summed E-state index contributed by atoms with van der Waals surface area (Å²) in [7, 11) is 0. The second-order valence-corrected chi connectivity index (χ2v) is 5.92. The van der Waals surface area contributed by atoms with E-state index in [1.165, 1.54) is 18.2 Å². The minimum atomic E-state index is -1.03. The number of furan rings is 1. The zero-order valence-corrected chi connectivity index (χ0v) is 13.4. The summed E-state index contributed by atoms with van der Waals surface area (Å²) in [6.07, 6.45) is -1.42. The number of amides is 1. The molecule has 1 saturated heterocycles. The van der Waals surface area contributed by atoms with Gasteiger partial charge in [0.15, 0.2) is 0 Å². The third kappa shape index (κ3) is 3.83. The number of hydrogen-bond donors (Lipinski definition) is 1. The average molecular weight is 333 g/mol. The highest BCUT2D eigenvalue weighted by atomic mass is 19.1. The summed E-state index contributed by atoms with van der Waals surface area (Å²) in [6, 6.07) is 9.36. The van der Waals surface area contributed by atoms with Crippen LogP contribution >= 0.6 is 0 Å². The van der Waals surface area contributed by atoms with Crippen LogP contribution in [0.5, 0.6) is 0 Å². The van der Waals surface area contributed by atoms with Crippen molar-refractivity contribution in [2.45, 2.75) is 25.6 Å². The zero-order valence-electron chi connectivity index (χ0n) is 13.4. The van der Waals surface area contributed by atoms with Gasteiger partial charge in [0, 0.05) is 6.54 Å². The Balaban J connectivity index is 1.62. The van der Waals surface area contributed by atoms with Gasteiger partial charge in [0.2, 0.25) is 5.91 Å². The van der Waals surface area contributed by atoms with Crippen molar-refractivity contribution in [1.29, 1.82) is 0 Å². The Labute approximate surface area is 139 Å². The normalized spacial score (nSPS) is 19.3. The van der Waals surface area contributed by atoms with Crippen molar-refractivity contribution in [1.82, 2.24) is 4.90 Å². The van der Waals surface area contributed by atoms with E-state index in [0.29, 0.717) is 31.0 Å². The lowest BCUT2D eigenvalue weighted by atomic mass is 10.1. The largest absolute Gasteiger partial charge is 0.464 e. The molecule has 0 aliphatic carbocycles. The first kappa shape index (κ1) is 16.7. The van der Waals surface area contributed by atoms with Gasteiger partial charge in [-0.2, -0.15) is 0 Å². The van der Waals surface area contributed by atoms with Gasteiger partial charge in [-0.15, -0.1) is 0 Å². The average Bonchev–Trinajstić information content (AvgIpc) is 3.01. The summed E-state index contributed by atoms with van der Waals surface area (Å²) >= 11 is 0. The van der Waals surface area contributed by atoms with E-state index in [4.69, 9.17) is 9.15 Å². The van der Waals surface area contributed by atoms with E-state index in [0.717, 1.165) is 5.76 Å². The van der Waals surface area contributed by atoms with E-state index >= 15 is 0 Å². The molecule has 1 aromatic carbocycles. The van der Waals surface area contributed by atoms with Crippen LogP contribution in [-0.4, -0.2) is 35.6 Å². The van der Waals surface area contributed by atoms with Gasteiger partial charge in [-0.05, 0) is 36.8 Å². The van der Waals surface area contributed by atoms with Crippen molar-refractivity contribution in [2.75, 3.05) is 19.7 Å². The lowest BCUT2D eigenvalue weighted by molar-refractivity contribution is -0.141. The monoisotopic (exact) mass is 333 g/mol. The Bertz CT molecular complexity index is 715. The fourth-order valence-corrected chi connectivity index (χ4v) is 2.80. The van der Waals surface area contributed by atoms with Crippen LogP contribution in [0.2, 0.25) is 0 Å². The zero-order chi connectivity index (χ0) is 17.1. The van der Waals surface area contributed by atoms with Crippen molar-refractivity contribution in [3.63, 3.8) is 0 Å². The second-order valence-electron chi connectivity index (χ2n) is 5.92. The third-order valence-corrected chi connectivity index (χ3v) is 4.10. The lowest BCUT2D eigenvalue weighted by Gasteiger charge is -2.32. The molecule has 0 spiro atoms. The van der Waals surface area contributed by atoms with Crippen molar-refractivity contribution >= 4 is 5.91 Å². The summed E-state index contributed by atoms with van der Waals surface area (Å²) in [5.41, 5.74) is 0.398. The smallest absolute Gasteiger partial charge is 0.225 e. The first-order valence-electron chi connectivity index (χ1n) is 7.92. The van der Waals surface area contributed by atoms with Crippen LogP contribution in [0.4, 0.5) is 4.39 Å². The van der Waals surface area contributed by atoms with Crippen molar-refractivity contribution in [3.05, 3.63) is 59.3 Å². The standard InChI is InChI=1S/C18H20FNO4/c1-12-5-6-16(24-12)17-11-20(7-8-23-17)18(22)10-15(21)13-3-2-4-14(19)9-13/h2-6,9,15,17,21H,7-8,10-11H2,1H3. The van der Waals surface area contributed by atoms with E-state index < -0.39 is 11.9 Å². The van der Waals surface area contributed by atoms with Crippen LogP contribution in [0.15, 0.2) is 40.8 Å². The minimum absolute atomic E-state index is 0.0899. The number of aliphatic hydroxyl groups is 1. The first-order chi connectivity index (χ1) is 11.5. The van der Waals surface area contributed by atoms with Gasteiger partial charge in [0.1, 0.15) is 23.4 Å². The molecule has 1 aliphatic heterocycles. The quantitative estimate of drug-likeness (QED) is 0.934. The van der Waals surface area contributed by atoms with E-state index in [2.05, 4.69) is 0 Å². The molecule has 1 amide bonds. The van der Waals surface area contributed by atoms with Crippen molar-refractivity contribution < 1.29 is 23.4 Å². The minimum Gasteiger partial charge on any atom is -0.464 e. The van der Waals surface area contributed by atoms with Gasteiger partial charge < -0.3 is 19.2 Å². The maximum atomic E-state index is 13.2. The van der Waals surface area contributed by atoms with E-state index in [1.807, 2.05) is 19.1 Å². The van der Waals surface area contributed by atoms with Gasteiger partial charge in [0.25, 0.3) is 0 Å². The van der Waals surface area contributed by atoms with E-state index in [9.17, 15) is 14.3 Å². The molecule has 0 saturated carbocycles. The molecule has 1 fully saturated rings. The predicted molar refractivity (Wildman–Crippen MR) is 84.7 cm³/mol. The van der Waals surface area contributed by atoms with Crippen LogP contribution in [0.3, 0.4) is 0 Å². The van der Waals surface area contributed by atoms with Crippen LogP contribution in [0, 0.1) is 12.7 Å². The number of hydrogen-bond acceptors (Lipinski definition) is 4. The number of aliphatic hydroxyl groups excluding tert-OH is 1. The first-order valence-corrected chi connectivity index (χ1v) is 7.92. The van der Waals surface area contributed by atoms with Crippen LogP contribution in [0.25, 0.3) is 0 Å². The highest BCUT2D eigenvalue weighted by Crippen LogP contribution is 2.26. The number of aryl methyl sites for hydroxylation is 1. The summed E-state index contributed by atoms with van der Waals surface area (Å²) < 4.78 is 24.5. The van der Waals surface area contributed by atoms with Crippen LogP contribution in [-0.2, 0) is 9.53 Å². The van der Waals surface area contributed by atoms with Gasteiger partial charge >= 0.3 is 0 Å². The van der Waals surface area contributed by atoms with E-state index in [-0.39, 0.29) is 18.4 Å². The fraction of sp³-hybridized carbons (Fsp3) is 0.389. The van der Waals surface area contributed by atoms with Crippen molar-refractivity contribution in [3.8, 4) is 0 Å². The number of carbonyl (C=O) groups excluding carboxylic acids is 1. The molecule has 128 valence electrons. The molecule has 1 N–H and O–H groups in total. The van der Waals surface area contributed by atoms with Gasteiger partial charge in [-0.1, -0.05) is 12.1 Å². The molecule has 0 radical (unpaired) electrons. The molecule has 5 nitrogen and oxygen atoms in total. The third-order valence-electron chi connectivity index (χ3n) is 4.10.